The largest absolute Gasteiger partial charge is 0.478 e. The average Bonchev–Trinajstić information content (AvgIpc) is 3.29. The highest BCUT2D eigenvalue weighted by Crippen LogP contribution is 2.21. The first kappa shape index (κ1) is 23.4. The predicted molar refractivity (Wildman–Crippen MR) is 126 cm³/mol. The number of furan rings is 1. The zero-order valence-electron chi connectivity index (χ0n) is 19.0. The molecule has 2 aromatic carbocycles. The fraction of sp³-hybridized carbons (Fsp3) is 0.346. The Morgan fingerprint density at radius 1 is 0.969 bits per heavy atom. The Balaban J connectivity index is 1.67. The lowest BCUT2D eigenvalue weighted by atomic mass is 10.1. The van der Waals surface area contributed by atoms with E-state index in [4.69, 9.17) is 9.15 Å². The Hall–Kier alpha value is -3.25. The van der Waals surface area contributed by atoms with Gasteiger partial charge in [0.15, 0.2) is 5.60 Å². The summed E-state index contributed by atoms with van der Waals surface area (Å²) in [4.78, 5) is 16.0. The number of rotatable bonds is 12. The molecule has 6 heteroatoms. The van der Waals surface area contributed by atoms with Gasteiger partial charge in [0.1, 0.15) is 11.5 Å². The van der Waals surface area contributed by atoms with Crippen molar-refractivity contribution in [2.75, 3.05) is 24.5 Å². The van der Waals surface area contributed by atoms with Gasteiger partial charge in [0, 0.05) is 31.9 Å². The third kappa shape index (κ3) is 6.62. The number of ether oxygens (including phenoxy) is 1. The quantitative estimate of drug-likeness (QED) is 0.429. The number of carboxylic acids is 1. The van der Waals surface area contributed by atoms with E-state index < -0.39 is 11.6 Å². The number of benzene rings is 2. The van der Waals surface area contributed by atoms with Crippen LogP contribution in [0, 0.1) is 0 Å². The maximum atomic E-state index is 11.3. The van der Waals surface area contributed by atoms with Gasteiger partial charge in [0.2, 0.25) is 0 Å². The minimum Gasteiger partial charge on any atom is -0.478 e. The zero-order valence-corrected chi connectivity index (χ0v) is 19.0. The second-order valence-electron chi connectivity index (χ2n) is 8.27. The van der Waals surface area contributed by atoms with Crippen molar-refractivity contribution >= 4 is 11.7 Å². The third-order valence-electron chi connectivity index (χ3n) is 5.37. The fourth-order valence-corrected chi connectivity index (χ4v) is 3.47. The van der Waals surface area contributed by atoms with Gasteiger partial charge in [-0.05, 0) is 62.7 Å². The van der Waals surface area contributed by atoms with Crippen LogP contribution >= 0.6 is 0 Å². The van der Waals surface area contributed by atoms with Crippen LogP contribution in [-0.2, 0) is 17.9 Å². The fourth-order valence-electron chi connectivity index (χ4n) is 3.47. The molecule has 0 saturated carbocycles. The topological polar surface area (TPSA) is 66.2 Å². The van der Waals surface area contributed by atoms with E-state index in [1.54, 1.807) is 20.1 Å². The molecule has 6 nitrogen and oxygen atoms in total. The molecule has 0 saturated heterocycles. The molecule has 1 aromatic heterocycles. The van der Waals surface area contributed by atoms with Crippen LogP contribution in [0.4, 0.5) is 5.69 Å². The smallest absolute Gasteiger partial charge is 0.347 e. The first-order valence-corrected chi connectivity index (χ1v) is 10.9. The van der Waals surface area contributed by atoms with Gasteiger partial charge in [-0.2, -0.15) is 0 Å². The number of likely N-dealkylation sites (N-methyl/N-ethyl adjacent to an activating group) is 1. The molecule has 0 unspecified atom stereocenters. The molecular weight excluding hydrogens is 404 g/mol. The molecular formula is C26H32N2O4. The molecule has 0 bridgehead atoms. The van der Waals surface area contributed by atoms with Crippen molar-refractivity contribution < 1.29 is 19.1 Å². The molecule has 0 aliphatic rings. The van der Waals surface area contributed by atoms with E-state index in [9.17, 15) is 9.90 Å². The van der Waals surface area contributed by atoms with Crippen molar-refractivity contribution in [3.05, 3.63) is 84.3 Å². The van der Waals surface area contributed by atoms with Crippen LogP contribution in [0.3, 0.4) is 0 Å². The van der Waals surface area contributed by atoms with Crippen molar-refractivity contribution in [2.45, 2.75) is 39.5 Å². The van der Waals surface area contributed by atoms with Crippen molar-refractivity contribution in [1.82, 2.24) is 4.90 Å². The monoisotopic (exact) mass is 436 g/mol. The number of hydrogen-bond donors (Lipinski definition) is 1. The molecule has 3 rings (SSSR count). The third-order valence-corrected chi connectivity index (χ3v) is 5.37. The van der Waals surface area contributed by atoms with Crippen LogP contribution < -0.4 is 9.64 Å². The first-order valence-electron chi connectivity index (χ1n) is 10.9. The van der Waals surface area contributed by atoms with Gasteiger partial charge < -0.3 is 19.2 Å². The number of nitrogens with zero attached hydrogens (tertiary/aromatic N) is 2. The van der Waals surface area contributed by atoms with Crippen molar-refractivity contribution in [2.24, 2.45) is 0 Å². The van der Waals surface area contributed by atoms with Gasteiger partial charge in [-0.1, -0.05) is 30.3 Å². The van der Waals surface area contributed by atoms with Gasteiger partial charge >= 0.3 is 5.97 Å². The number of carboxylic acid groups (broad SMARTS) is 1. The maximum absolute atomic E-state index is 11.3. The molecule has 3 aromatic rings. The molecule has 0 atom stereocenters. The lowest BCUT2D eigenvalue weighted by Crippen LogP contribution is -2.37. The summed E-state index contributed by atoms with van der Waals surface area (Å²) in [6, 6.07) is 22.0. The van der Waals surface area contributed by atoms with E-state index in [0.717, 1.165) is 37.5 Å². The second-order valence-corrected chi connectivity index (χ2v) is 8.27. The number of hydrogen-bond acceptors (Lipinski definition) is 5. The summed E-state index contributed by atoms with van der Waals surface area (Å²) in [5.41, 5.74) is 1.07. The van der Waals surface area contributed by atoms with Crippen molar-refractivity contribution in [3.63, 3.8) is 0 Å². The van der Waals surface area contributed by atoms with Crippen LogP contribution in [0.2, 0.25) is 0 Å². The molecule has 0 amide bonds. The molecule has 1 heterocycles. The normalized spacial score (nSPS) is 11.5. The van der Waals surface area contributed by atoms with E-state index in [-0.39, 0.29) is 0 Å². The molecule has 0 fully saturated rings. The average molecular weight is 437 g/mol. The first-order chi connectivity index (χ1) is 15.4. The Labute approximate surface area is 190 Å². The van der Waals surface area contributed by atoms with Crippen LogP contribution in [-0.4, -0.2) is 41.2 Å². The van der Waals surface area contributed by atoms with Crippen LogP contribution in [0.15, 0.2) is 77.4 Å². The van der Waals surface area contributed by atoms with Gasteiger partial charge in [-0.25, -0.2) is 4.79 Å². The van der Waals surface area contributed by atoms with Gasteiger partial charge in [0.05, 0.1) is 12.8 Å². The second kappa shape index (κ2) is 10.9. The minimum atomic E-state index is -1.27. The Morgan fingerprint density at radius 2 is 1.69 bits per heavy atom. The highest BCUT2D eigenvalue weighted by atomic mass is 16.5. The summed E-state index contributed by atoms with van der Waals surface area (Å²) in [5.74, 6) is 0.473. The highest BCUT2D eigenvalue weighted by Gasteiger charge is 2.29. The minimum absolute atomic E-state index is 0.542. The molecule has 32 heavy (non-hydrogen) atoms. The van der Waals surface area contributed by atoms with E-state index in [1.165, 1.54) is 5.69 Å². The van der Waals surface area contributed by atoms with E-state index in [0.29, 0.717) is 12.3 Å². The van der Waals surface area contributed by atoms with Crippen molar-refractivity contribution in [1.29, 1.82) is 0 Å². The Bertz CT molecular complexity index is 953. The van der Waals surface area contributed by atoms with Gasteiger partial charge in [-0.15, -0.1) is 0 Å². The van der Waals surface area contributed by atoms with Crippen molar-refractivity contribution in [3.8, 4) is 5.75 Å². The van der Waals surface area contributed by atoms with Crippen LogP contribution in [0.1, 0.15) is 32.1 Å². The number of carbonyl (C=O) groups is 1. The molecule has 0 aliphatic heterocycles. The predicted octanol–water partition coefficient (Wildman–Crippen LogP) is 5.05. The Kier molecular flexibility index (Phi) is 7.95. The van der Waals surface area contributed by atoms with Crippen LogP contribution in [0.25, 0.3) is 0 Å². The summed E-state index contributed by atoms with van der Waals surface area (Å²) in [7, 11) is 0. The van der Waals surface area contributed by atoms with E-state index in [1.807, 2.05) is 42.5 Å². The summed E-state index contributed by atoms with van der Waals surface area (Å²) >= 11 is 0. The summed E-state index contributed by atoms with van der Waals surface area (Å²) < 4.78 is 11.2. The van der Waals surface area contributed by atoms with Crippen LogP contribution in [0.5, 0.6) is 5.75 Å². The number of aliphatic carboxylic acids is 1. The molecule has 0 aliphatic carbocycles. The molecule has 0 spiro atoms. The number of anilines is 1. The lowest BCUT2D eigenvalue weighted by Gasteiger charge is -2.28. The SMILES string of the molecule is CCN(CCN(Cc1ccc(OC(C)(C)C(=O)O)cc1)Cc1ccco1)c1ccccc1. The molecule has 1 N–H and O–H groups in total. The molecule has 0 radical (unpaired) electrons. The van der Waals surface area contributed by atoms with E-state index in [2.05, 4.69) is 41.0 Å². The van der Waals surface area contributed by atoms with Gasteiger partial charge in [0.25, 0.3) is 0 Å². The zero-order chi connectivity index (χ0) is 23.0. The standard InChI is InChI=1S/C26H32N2O4/c1-4-28(22-9-6-5-7-10-22)17-16-27(20-24-11-8-18-31-24)19-21-12-14-23(15-13-21)32-26(2,3)25(29)30/h5-15,18H,4,16-17,19-20H2,1-3H3,(H,29,30). The summed E-state index contributed by atoms with van der Waals surface area (Å²) in [6.07, 6.45) is 1.70. The highest BCUT2D eigenvalue weighted by molar-refractivity contribution is 5.76. The lowest BCUT2D eigenvalue weighted by molar-refractivity contribution is -0.152. The van der Waals surface area contributed by atoms with E-state index >= 15 is 0 Å². The summed E-state index contributed by atoms with van der Waals surface area (Å²) in [5, 5.41) is 9.26. The number of para-hydroxylation sites is 1. The molecule has 170 valence electrons. The summed E-state index contributed by atoms with van der Waals surface area (Å²) in [6.45, 7) is 9.41. The maximum Gasteiger partial charge on any atom is 0.347 e. The Morgan fingerprint density at radius 3 is 2.28 bits per heavy atom. The van der Waals surface area contributed by atoms with Gasteiger partial charge in [-0.3, -0.25) is 4.90 Å².